The molecular formula is C16H15FN2O5. The average molecular weight is 334 g/mol. The van der Waals surface area contributed by atoms with Crippen LogP contribution in [0.1, 0.15) is 5.56 Å². The normalized spacial score (nSPS) is 10.1. The Kier molecular flexibility index (Phi) is 5.31. The first kappa shape index (κ1) is 17.2. The molecule has 2 N–H and O–H groups in total. The van der Waals surface area contributed by atoms with E-state index in [2.05, 4.69) is 9.91 Å². The molecule has 0 unspecified atom stereocenters. The number of esters is 1. The first-order valence-corrected chi connectivity index (χ1v) is 6.82. The summed E-state index contributed by atoms with van der Waals surface area (Å²) in [6.45, 7) is 0. The molecule has 0 aliphatic carbocycles. The van der Waals surface area contributed by atoms with Crippen molar-refractivity contribution < 1.29 is 23.4 Å². The minimum atomic E-state index is -0.737. The van der Waals surface area contributed by atoms with Gasteiger partial charge in [0, 0.05) is 6.07 Å². The molecule has 8 heteroatoms. The third kappa shape index (κ3) is 3.78. The van der Waals surface area contributed by atoms with E-state index >= 15 is 0 Å². The zero-order chi connectivity index (χ0) is 17.7. The van der Waals surface area contributed by atoms with E-state index in [4.69, 9.17) is 15.2 Å². The highest BCUT2D eigenvalue weighted by molar-refractivity contribution is 5.72. The van der Waals surface area contributed by atoms with Gasteiger partial charge in [-0.3, -0.25) is 4.79 Å². The number of anilines is 1. The Hall–Kier alpha value is -3.16. The Labute approximate surface area is 137 Å². The Morgan fingerprint density at radius 3 is 2.54 bits per heavy atom. The molecule has 0 atom stereocenters. The molecule has 0 radical (unpaired) electrons. The third-order valence-corrected chi connectivity index (χ3v) is 3.20. The van der Waals surface area contributed by atoms with Crippen LogP contribution in [0, 0.1) is 10.7 Å². The van der Waals surface area contributed by atoms with Crippen molar-refractivity contribution in [2.75, 3.05) is 20.0 Å². The van der Waals surface area contributed by atoms with Gasteiger partial charge in [-0.05, 0) is 28.9 Å². The Morgan fingerprint density at radius 1 is 1.17 bits per heavy atom. The van der Waals surface area contributed by atoms with Gasteiger partial charge in [0.25, 0.3) is 0 Å². The van der Waals surface area contributed by atoms with E-state index in [0.717, 1.165) is 12.1 Å². The molecule has 126 valence electrons. The number of carbonyl (C=O) groups is 1. The summed E-state index contributed by atoms with van der Waals surface area (Å²) < 4.78 is 28.9. The monoisotopic (exact) mass is 334 g/mol. The van der Waals surface area contributed by atoms with Gasteiger partial charge in [0.15, 0.2) is 22.9 Å². The number of rotatable bonds is 6. The summed E-state index contributed by atoms with van der Waals surface area (Å²) in [6.07, 6.45) is 0.0603. The van der Waals surface area contributed by atoms with Crippen molar-refractivity contribution in [2.45, 2.75) is 6.42 Å². The fourth-order valence-corrected chi connectivity index (χ4v) is 1.98. The number of halogens is 1. The summed E-state index contributed by atoms with van der Waals surface area (Å²) >= 11 is 0. The van der Waals surface area contributed by atoms with E-state index in [0.29, 0.717) is 11.3 Å². The zero-order valence-corrected chi connectivity index (χ0v) is 13.0. The molecular weight excluding hydrogens is 319 g/mol. The van der Waals surface area contributed by atoms with Crippen LogP contribution in [0.25, 0.3) is 0 Å². The van der Waals surface area contributed by atoms with E-state index < -0.39 is 11.8 Å². The number of hydrogen-bond donors (Lipinski definition) is 1. The van der Waals surface area contributed by atoms with E-state index in [1.54, 1.807) is 12.1 Å². The lowest BCUT2D eigenvalue weighted by Crippen LogP contribution is -2.04. The van der Waals surface area contributed by atoms with Crippen molar-refractivity contribution >= 4 is 17.3 Å². The molecule has 24 heavy (non-hydrogen) atoms. The van der Waals surface area contributed by atoms with Crippen LogP contribution in [0.2, 0.25) is 0 Å². The molecule has 0 spiro atoms. The summed E-state index contributed by atoms with van der Waals surface area (Å²) in [7, 11) is 2.70. The lowest BCUT2D eigenvalue weighted by atomic mass is 10.1. The van der Waals surface area contributed by atoms with Gasteiger partial charge in [0.1, 0.15) is 5.82 Å². The van der Waals surface area contributed by atoms with Crippen molar-refractivity contribution in [1.82, 2.24) is 0 Å². The second kappa shape index (κ2) is 7.40. The Morgan fingerprint density at radius 2 is 1.92 bits per heavy atom. The number of nitrogen functional groups attached to an aromatic ring is 1. The average Bonchev–Trinajstić information content (AvgIpc) is 2.58. The zero-order valence-electron chi connectivity index (χ0n) is 13.0. The summed E-state index contributed by atoms with van der Waals surface area (Å²) in [5, 5.41) is 2.77. The maximum Gasteiger partial charge on any atom is 0.309 e. The molecule has 0 fully saturated rings. The second-order valence-corrected chi connectivity index (χ2v) is 4.77. The van der Waals surface area contributed by atoms with Crippen LogP contribution in [-0.2, 0) is 16.0 Å². The highest BCUT2D eigenvalue weighted by atomic mass is 19.1. The molecule has 0 amide bonds. The number of nitrogens with two attached hydrogens (primary N) is 1. The summed E-state index contributed by atoms with van der Waals surface area (Å²) in [4.78, 5) is 22.2. The summed E-state index contributed by atoms with van der Waals surface area (Å²) in [5.74, 6) is -0.723. The van der Waals surface area contributed by atoms with Gasteiger partial charge in [-0.2, -0.15) is 0 Å². The van der Waals surface area contributed by atoms with Gasteiger partial charge in [-0.1, -0.05) is 6.07 Å². The van der Waals surface area contributed by atoms with E-state index in [1.165, 1.54) is 20.3 Å². The molecule has 0 aromatic heterocycles. The predicted molar refractivity (Wildman–Crippen MR) is 85.1 cm³/mol. The largest absolute Gasteiger partial charge is 0.493 e. The van der Waals surface area contributed by atoms with Gasteiger partial charge in [-0.15, -0.1) is 4.91 Å². The molecule has 0 saturated carbocycles. The van der Waals surface area contributed by atoms with Crippen molar-refractivity contribution in [3.8, 4) is 17.2 Å². The Balaban J connectivity index is 2.34. The van der Waals surface area contributed by atoms with Crippen molar-refractivity contribution in [3.05, 3.63) is 46.6 Å². The smallest absolute Gasteiger partial charge is 0.309 e. The number of ether oxygens (including phenoxy) is 3. The lowest BCUT2D eigenvalue weighted by molar-refractivity contribution is -0.139. The fourth-order valence-electron chi connectivity index (χ4n) is 1.98. The van der Waals surface area contributed by atoms with Gasteiger partial charge in [0.2, 0.25) is 0 Å². The molecule has 0 heterocycles. The number of carbonyl (C=O) groups excluding carboxylic acids is 1. The second-order valence-electron chi connectivity index (χ2n) is 4.77. The summed E-state index contributed by atoms with van der Waals surface area (Å²) in [6, 6.07) is 6.77. The quantitative estimate of drug-likeness (QED) is 0.494. The number of hydrogen-bond acceptors (Lipinski definition) is 7. The van der Waals surface area contributed by atoms with Crippen LogP contribution in [0.15, 0.2) is 35.5 Å². The number of benzene rings is 2. The molecule has 2 aromatic carbocycles. The van der Waals surface area contributed by atoms with Gasteiger partial charge >= 0.3 is 5.97 Å². The molecule has 7 nitrogen and oxygen atoms in total. The molecule has 2 rings (SSSR count). The van der Waals surface area contributed by atoms with Crippen LogP contribution >= 0.6 is 0 Å². The first-order chi connectivity index (χ1) is 11.5. The van der Waals surface area contributed by atoms with Crippen LogP contribution in [0.4, 0.5) is 15.8 Å². The first-order valence-electron chi connectivity index (χ1n) is 6.82. The highest BCUT2D eigenvalue weighted by Crippen LogP contribution is 2.38. The van der Waals surface area contributed by atoms with Gasteiger partial charge < -0.3 is 19.9 Å². The maximum absolute atomic E-state index is 13.6. The standard InChI is InChI=1S/C16H15FN2O5/c1-22-15-5-9(6-16(20)23-2)3-4-13(15)24-14-7-10(17)11(18)8-12(14)19-21/h3-5,7-8H,6,18H2,1-2H3. The van der Waals surface area contributed by atoms with Crippen molar-refractivity contribution in [3.63, 3.8) is 0 Å². The van der Waals surface area contributed by atoms with Crippen LogP contribution in [0.5, 0.6) is 17.2 Å². The van der Waals surface area contributed by atoms with Crippen LogP contribution in [-0.4, -0.2) is 20.2 Å². The van der Waals surface area contributed by atoms with Crippen molar-refractivity contribution in [2.24, 2.45) is 5.18 Å². The molecule has 0 aliphatic rings. The van der Waals surface area contributed by atoms with Gasteiger partial charge in [0.05, 0.1) is 26.3 Å². The topological polar surface area (TPSA) is 100 Å². The lowest BCUT2D eigenvalue weighted by Gasteiger charge is -2.13. The van der Waals surface area contributed by atoms with E-state index in [9.17, 15) is 14.1 Å². The molecule has 0 bridgehead atoms. The third-order valence-electron chi connectivity index (χ3n) is 3.20. The molecule has 0 saturated heterocycles. The maximum atomic E-state index is 13.6. The molecule has 2 aromatic rings. The van der Waals surface area contributed by atoms with E-state index in [1.807, 2.05) is 0 Å². The minimum Gasteiger partial charge on any atom is -0.493 e. The van der Waals surface area contributed by atoms with Gasteiger partial charge in [-0.25, -0.2) is 4.39 Å². The van der Waals surface area contributed by atoms with Crippen LogP contribution in [0.3, 0.4) is 0 Å². The predicted octanol–water partition coefficient (Wildman–Crippen LogP) is 3.32. The fraction of sp³-hybridized carbons (Fsp3) is 0.188. The summed E-state index contributed by atoms with van der Waals surface area (Å²) in [5.41, 5.74) is 5.68. The SMILES string of the molecule is COC(=O)Cc1ccc(Oc2cc(F)c(N)cc2N=O)c(OC)c1. The highest BCUT2D eigenvalue weighted by Gasteiger charge is 2.14. The number of nitroso groups, excluding NO2 is 1. The van der Waals surface area contributed by atoms with E-state index in [-0.39, 0.29) is 29.3 Å². The number of methoxy groups -OCH3 is 2. The van der Waals surface area contributed by atoms with Crippen molar-refractivity contribution in [1.29, 1.82) is 0 Å². The Bertz CT molecular complexity index is 779. The minimum absolute atomic E-state index is 0.0603. The molecule has 0 aliphatic heterocycles. The van der Waals surface area contributed by atoms with Crippen LogP contribution < -0.4 is 15.2 Å². The number of nitrogens with zero attached hydrogens (tertiary/aromatic N) is 1.